The van der Waals surface area contributed by atoms with E-state index >= 15 is 0 Å². The first-order chi connectivity index (χ1) is 11.0. The summed E-state index contributed by atoms with van der Waals surface area (Å²) in [6.07, 6.45) is 1.71. The maximum Gasteiger partial charge on any atom is 0.274 e. The Morgan fingerprint density at radius 2 is 2.17 bits per heavy atom. The van der Waals surface area contributed by atoms with E-state index in [9.17, 15) is 18.7 Å². The highest BCUT2D eigenvalue weighted by molar-refractivity contribution is 6.33. The second-order valence-corrected chi connectivity index (χ2v) is 5.66. The van der Waals surface area contributed by atoms with Crippen molar-refractivity contribution in [2.45, 2.75) is 18.6 Å². The molecule has 0 saturated carbocycles. The first-order valence-electron chi connectivity index (χ1n) is 6.87. The molecule has 1 aromatic carbocycles. The lowest BCUT2D eigenvalue weighted by Gasteiger charge is -2.25. The van der Waals surface area contributed by atoms with Crippen molar-refractivity contribution >= 4 is 17.5 Å². The number of benzene rings is 1. The molecule has 1 aliphatic rings. The van der Waals surface area contributed by atoms with Crippen LogP contribution in [0, 0.1) is 11.6 Å². The van der Waals surface area contributed by atoms with Gasteiger partial charge in [0.05, 0.1) is 17.2 Å². The fourth-order valence-corrected chi connectivity index (χ4v) is 2.90. The summed E-state index contributed by atoms with van der Waals surface area (Å²) >= 11 is 5.92. The van der Waals surface area contributed by atoms with Crippen molar-refractivity contribution in [3.63, 3.8) is 0 Å². The zero-order valence-electron chi connectivity index (χ0n) is 11.8. The molecule has 2 aromatic rings. The van der Waals surface area contributed by atoms with E-state index in [4.69, 9.17) is 11.6 Å². The largest absolute Gasteiger partial charge is 0.391 e. The van der Waals surface area contributed by atoms with E-state index in [1.54, 1.807) is 0 Å². The highest BCUT2D eigenvalue weighted by Crippen LogP contribution is 2.35. The lowest BCUT2D eigenvalue weighted by Crippen LogP contribution is -2.33. The van der Waals surface area contributed by atoms with E-state index in [0.29, 0.717) is 0 Å². The summed E-state index contributed by atoms with van der Waals surface area (Å²) in [7, 11) is 0. The number of rotatable bonds is 2. The van der Waals surface area contributed by atoms with E-state index < -0.39 is 29.7 Å². The van der Waals surface area contributed by atoms with Gasteiger partial charge >= 0.3 is 0 Å². The molecule has 2 heterocycles. The molecule has 0 unspecified atom stereocenters. The molecule has 1 aromatic heterocycles. The van der Waals surface area contributed by atoms with Crippen molar-refractivity contribution < 1.29 is 18.7 Å². The number of β-amino-alcohol motifs (C(OH)–C–C–N with tert-alkyl or cyclic N) is 1. The normalized spacial score (nSPS) is 20.8. The van der Waals surface area contributed by atoms with Gasteiger partial charge in [0.25, 0.3) is 5.91 Å². The molecule has 1 N–H and O–H groups in total. The molecule has 0 bridgehead atoms. The summed E-state index contributed by atoms with van der Waals surface area (Å²) in [4.78, 5) is 21.4. The molecular weight excluding hydrogens is 328 g/mol. The van der Waals surface area contributed by atoms with Crippen LogP contribution in [0.4, 0.5) is 8.78 Å². The molecule has 0 aliphatic carbocycles. The topological polar surface area (TPSA) is 66.3 Å². The van der Waals surface area contributed by atoms with Crippen LogP contribution in [-0.2, 0) is 0 Å². The smallest absolute Gasteiger partial charge is 0.274 e. The second kappa shape index (κ2) is 6.17. The van der Waals surface area contributed by atoms with Crippen LogP contribution in [0.3, 0.4) is 0 Å². The fourth-order valence-electron chi connectivity index (χ4n) is 2.71. The Hall–Kier alpha value is -2.12. The lowest BCUT2D eigenvalue weighted by atomic mass is 10.0. The quantitative estimate of drug-likeness (QED) is 0.912. The van der Waals surface area contributed by atoms with Crippen molar-refractivity contribution in [1.82, 2.24) is 14.9 Å². The Bertz CT molecular complexity index is 759. The summed E-state index contributed by atoms with van der Waals surface area (Å²) in [6, 6.07) is 2.23. The number of hydrogen-bond donors (Lipinski definition) is 1. The highest BCUT2D eigenvalue weighted by Gasteiger charge is 2.38. The van der Waals surface area contributed by atoms with Gasteiger partial charge in [-0.15, -0.1) is 0 Å². The molecule has 1 saturated heterocycles. The van der Waals surface area contributed by atoms with Gasteiger partial charge in [-0.25, -0.2) is 18.7 Å². The number of likely N-dealkylation sites (tertiary alicyclic amines) is 1. The van der Waals surface area contributed by atoms with Gasteiger partial charge in [0.15, 0.2) is 0 Å². The van der Waals surface area contributed by atoms with Gasteiger partial charge in [-0.2, -0.15) is 0 Å². The van der Waals surface area contributed by atoms with E-state index in [-0.39, 0.29) is 29.2 Å². The summed E-state index contributed by atoms with van der Waals surface area (Å²) in [5, 5.41) is 9.93. The Kier molecular flexibility index (Phi) is 4.23. The third-order valence-electron chi connectivity index (χ3n) is 3.73. The fraction of sp³-hybridized carbons (Fsp3) is 0.267. The predicted octanol–water partition coefficient (Wildman–Crippen LogP) is 2.36. The monoisotopic (exact) mass is 339 g/mol. The Labute approximate surface area is 135 Å². The average molecular weight is 340 g/mol. The zero-order chi connectivity index (χ0) is 16.6. The first-order valence-corrected chi connectivity index (χ1v) is 7.24. The number of hydrogen-bond acceptors (Lipinski definition) is 4. The molecule has 1 amide bonds. The maximum atomic E-state index is 14.0. The molecule has 23 heavy (non-hydrogen) atoms. The number of amides is 1. The first kappa shape index (κ1) is 15.8. The van der Waals surface area contributed by atoms with Crippen LogP contribution in [0.2, 0.25) is 5.02 Å². The minimum Gasteiger partial charge on any atom is -0.391 e. The maximum absolute atomic E-state index is 14.0. The lowest BCUT2D eigenvalue weighted by molar-refractivity contribution is 0.0707. The van der Waals surface area contributed by atoms with Crippen molar-refractivity contribution in [2.24, 2.45) is 0 Å². The molecule has 1 fully saturated rings. The number of aromatic nitrogens is 2. The third kappa shape index (κ3) is 3.02. The number of nitrogens with zero attached hydrogens (tertiary/aromatic N) is 3. The van der Waals surface area contributed by atoms with Gasteiger partial charge in [0.1, 0.15) is 23.7 Å². The molecule has 3 rings (SSSR count). The number of carbonyl (C=O) groups is 1. The second-order valence-electron chi connectivity index (χ2n) is 5.25. The van der Waals surface area contributed by atoms with Crippen LogP contribution in [0.15, 0.2) is 30.7 Å². The molecule has 8 heteroatoms. The summed E-state index contributed by atoms with van der Waals surface area (Å²) in [6.45, 7) is -0.0141. The molecular formula is C15H12ClF2N3O2. The van der Waals surface area contributed by atoms with Gasteiger partial charge < -0.3 is 10.0 Å². The van der Waals surface area contributed by atoms with E-state index in [1.807, 2.05) is 0 Å². The van der Waals surface area contributed by atoms with Crippen molar-refractivity contribution in [3.8, 4) is 0 Å². The summed E-state index contributed by atoms with van der Waals surface area (Å²) in [5.74, 6) is -1.82. The number of halogens is 3. The van der Waals surface area contributed by atoms with Crippen LogP contribution in [0.25, 0.3) is 0 Å². The molecule has 120 valence electrons. The van der Waals surface area contributed by atoms with Crippen molar-refractivity contribution in [3.05, 3.63) is 58.6 Å². The molecule has 2 atom stereocenters. The van der Waals surface area contributed by atoms with Gasteiger partial charge in [-0.05, 0) is 24.6 Å². The number of aliphatic hydroxyl groups excluding tert-OH is 1. The number of carbonyl (C=O) groups excluding carboxylic acids is 1. The standard InChI is InChI=1S/C15H12ClF2N3O2/c16-11-5-19-7-20-14(11)15(23)21-6-9(22)4-13(21)10-3-8(17)1-2-12(10)18/h1-3,5,7,9,13,22H,4,6H2/t9-,13-/m1/s1. The van der Waals surface area contributed by atoms with Crippen LogP contribution in [-0.4, -0.2) is 38.5 Å². The van der Waals surface area contributed by atoms with Gasteiger partial charge in [0.2, 0.25) is 0 Å². The summed E-state index contributed by atoms with van der Waals surface area (Å²) < 4.78 is 27.5. The van der Waals surface area contributed by atoms with Crippen LogP contribution in [0.1, 0.15) is 28.5 Å². The highest BCUT2D eigenvalue weighted by atomic mass is 35.5. The van der Waals surface area contributed by atoms with Crippen LogP contribution >= 0.6 is 11.6 Å². The molecule has 0 spiro atoms. The van der Waals surface area contributed by atoms with E-state index in [1.165, 1.54) is 17.4 Å². The van der Waals surface area contributed by atoms with Gasteiger partial charge in [0, 0.05) is 18.3 Å². The Morgan fingerprint density at radius 1 is 1.39 bits per heavy atom. The molecule has 1 aliphatic heterocycles. The molecule has 0 radical (unpaired) electrons. The van der Waals surface area contributed by atoms with Gasteiger partial charge in [-0.1, -0.05) is 11.6 Å². The van der Waals surface area contributed by atoms with Crippen LogP contribution in [0.5, 0.6) is 0 Å². The minimum absolute atomic E-state index is 0.0140. The SMILES string of the molecule is O=C(c1ncncc1Cl)N1C[C@H](O)C[C@@H]1c1cc(F)ccc1F. The third-order valence-corrected chi connectivity index (χ3v) is 4.00. The van der Waals surface area contributed by atoms with Gasteiger partial charge in [-0.3, -0.25) is 4.79 Å². The number of aliphatic hydroxyl groups is 1. The Balaban J connectivity index is 1.99. The Morgan fingerprint density at radius 3 is 2.91 bits per heavy atom. The molecule has 5 nitrogen and oxygen atoms in total. The van der Waals surface area contributed by atoms with Crippen LogP contribution < -0.4 is 0 Å². The van der Waals surface area contributed by atoms with E-state index in [0.717, 1.165) is 18.2 Å². The minimum atomic E-state index is -0.841. The van der Waals surface area contributed by atoms with Crippen molar-refractivity contribution in [1.29, 1.82) is 0 Å². The average Bonchev–Trinajstić information content (AvgIpc) is 2.91. The predicted molar refractivity (Wildman–Crippen MR) is 77.8 cm³/mol. The van der Waals surface area contributed by atoms with Crippen molar-refractivity contribution in [2.75, 3.05) is 6.54 Å². The summed E-state index contributed by atoms with van der Waals surface area (Å²) in [5.41, 5.74) is -0.0299. The van der Waals surface area contributed by atoms with E-state index in [2.05, 4.69) is 9.97 Å². The zero-order valence-corrected chi connectivity index (χ0v) is 12.5.